The lowest BCUT2D eigenvalue weighted by Gasteiger charge is -2.00. The van der Waals surface area contributed by atoms with Crippen molar-refractivity contribution in [3.05, 3.63) is 48.7 Å². The van der Waals surface area contributed by atoms with Gasteiger partial charge in [-0.05, 0) is 30.3 Å². The smallest absolute Gasteiger partial charge is 0.195 e. The fourth-order valence-electron chi connectivity index (χ4n) is 2.46. The number of hydrogen-bond donors (Lipinski definition) is 2. The van der Waals surface area contributed by atoms with E-state index < -0.39 is 0 Å². The third-order valence-electron chi connectivity index (χ3n) is 3.61. The van der Waals surface area contributed by atoms with Crippen molar-refractivity contribution < 1.29 is 9.94 Å². The number of methoxy groups -OCH3 is 1. The van der Waals surface area contributed by atoms with Crippen LogP contribution in [0.25, 0.3) is 26.4 Å². The van der Waals surface area contributed by atoms with Crippen molar-refractivity contribution >= 4 is 32.2 Å². The van der Waals surface area contributed by atoms with Crippen LogP contribution in [0.15, 0.2) is 48.7 Å². The molecule has 5 nitrogen and oxygen atoms in total. The second-order valence-electron chi connectivity index (χ2n) is 4.90. The minimum atomic E-state index is 0.655. The molecule has 4 rings (SSSR count). The number of thiazole rings is 1. The fourth-order valence-corrected chi connectivity index (χ4v) is 3.50. The number of fused-ring (bicyclic) bond motifs is 3. The Morgan fingerprint density at radius 3 is 2.73 bits per heavy atom. The Hall–Kier alpha value is -2.57. The minimum absolute atomic E-state index is 0.655. The lowest BCUT2D eigenvalue weighted by Crippen LogP contribution is -1.88. The fraction of sp³-hybridized carbons (Fsp3) is 0.0625. The summed E-state index contributed by atoms with van der Waals surface area (Å²) in [5.41, 5.74) is 5.82. The van der Waals surface area contributed by atoms with E-state index in [4.69, 9.17) is 9.94 Å². The average molecular weight is 311 g/mol. The van der Waals surface area contributed by atoms with E-state index in [0.29, 0.717) is 5.69 Å². The first kappa shape index (κ1) is 13.1. The van der Waals surface area contributed by atoms with Gasteiger partial charge >= 0.3 is 0 Å². The van der Waals surface area contributed by atoms with Gasteiger partial charge in [-0.1, -0.05) is 23.5 Å². The van der Waals surface area contributed by atoms with Crippen molar-refractivity contribution in [2.75, 3.05) is 12.6 Å². The Morgan fingerprint density at radius 1 is 1.18 bits per heavy atom. The highest BCUT2D eigenvalue weighted by molar-refractivity contribution is 7.23. The van der Waals surface area contributed by atoms with E-state index in [1.165, 1.54) is 0 Å². The molecule has 0 radical (unpaired) electrons. The third-order valence-corrected chi connectivity index (χ3v) is 4.63. The van der Waals surface area contributed by atoms with E-state index in [9.17, 15) is 0 Å². The zero-order valence-corrected chi connectivity index (χ0v) is 12.6. The van der Waals surface area contributed by atoms with Gasteiger partial charge in [-0.3, -0.25) is 15.1 Å². The van der Waals surface area contributed by atoms with Gasteiger partial charge in [0.05, 0.1) is 28.7 Å². The number of aromatic nitrogens is 2. The molecule has 110 valence electrons. The predicted octanol–water partition coefficient (Wildman–Crippen LogP) is 4.03. The topological polar surface area (TPSA) is 58.8 Å². The molecule has 2 N–H and O–H groups in total. The zero-order valence-electron chi connectivity index (χ0n) is 11.8. The maximum Gasteiger partial charge on any atom is 0.195 e. The number of ether oxygens (including phenoxy) is 1. The maximum absolute atomic E-state index is 8.86. The zero-order chi connectivity index (χ0) is 15.1. The van der Waals surface area contributed by atoms with Crippen LogP contribution in [0.1, 0.15) is 0 Å². The molecule has 0 aliphatic heterocycles. The van der Waals surface area contributed by atoms with Crippen molar-refractivity contribution in [1.29, 1.82) is 0 Å². The average Bonchev–Trinajstić information content (AvgIpc) is 3.11. The number of hydrogen-bond acceptors (Lipinski definition) is 5. The molecule has 4 aromatic rings. The number of anilines is 1. The standard InChI is InChI=1S/C16H13N3O2S/c1-21-12-6-7-14-15(8-12)22-16-17-13(9-19(14)16)10-2-4-11(18-20)5-3-10/h2-9,18,20H,1H3. The van der Waals surface area contributed by atoms with Crippen LogP contribution >= 0.6 is 11.3 Å². The number of rotatable bonds is 3. The van der Waals surface area contributed by atoms with Gasteiger partial charge in [-0.25, -0.2) is 4.98 Å². The summed E-state index contributed by atoms with van der Waals surface area (Å²) >= 11 is 1.63. The Labute approximate surface area is 130 Å². The van der Waals surface area contributed by atoms with Crippen molar-refractivity contribution in [2.24, 2.45) is 0 Å². The molecule has 0 aliphatic carbocycles. The molecule has 0 fully saturated rings. The van der Waals surface area contributed by atoms with Gasteiger partial charge in [0, 0.05) is 11.8 Å². The van der Waals surface area contributed by atoms with Crippen LogP contribution in [0, 0.1) is 0 Å². The Kier molecular flexibility index (Phi) is 2.99. The van der Waals surface area contributed by atoms with Crippen LogP contribution in [-0.4, -0.2) is 21.7 Å². The predicted molar refractivity (Wildman–Crippen MR) is 88.0 cm³/mol. The number of nitrogens with one attached hydrogen (secondary N) is 1. The highest BCUT2D eigenvalue weighted by Gasteiger charge is 2.10. The summed E-state index contributed by atoms with van der Waals surface area (Å²) < 4.78 is 8.50. The molecule has 0 unspecified atom stereocenters. The van der Waals surface area contributed by atoms with E-state index in [1.54, 1.807) is 18.4 Å². The monoisotopic (exact) mass is 311 g/mol. The molecule has 0 saturated heterocycles. The molecule has 0 spiro atoms. The molecule has 6 heteroatoms. The second-order valence-corrected chi connectivity index (χ2v) is 5.91. The van der Waals surface area contributed by atoms with Crippen LogP contribution in [0.2, 0.25) is 0 Å². The summed E-state index contributed by atoms with van der Waals surface area (Å²) in [6.07, 6.45) is 2.03. The van der Waals surface area contributed by atoms with Gasteiger partial charge in [-0.2, -0.15) is 0 Å². The van der Waals surface area contributed by atoms with Crippen molar-refractivity contribution in [3.63, 3.8) is 0 Å². The van der Waals surface area contributed by atoms with Gasteiger partial charge in [0.15, 0.2) is 4.96 Å². The normalized spacial score (nSPS) is 11.2. The minimum Gasteiger partial charge on any atom is -0.497 e. The third kappa shape index (κ3) is 2.01. The van der Waals surface area contributed by atoms with Gasteiger partial charge in [0.25, 0.3) is 0 Å². The molecule has 0 saturated carbocycles. The molecule has 0 amide bonds. The lowest BCUT2D eigenvalue weighted by molar-refractivity contribution is 0.389. The van der Waals surface area contributed by atoms with E-state index >= 15 is 0 Å². The van der Waals surface area contributed by atoms with Crippen LogP contribution in [0.4, 0.5) is 5.69 Å². The SMILES string of the molecule is COc1ccc2c(c1)sc1nc(-c3ccc(NO)cc3)cn12. The summed E-state index contributed by atoms with van der Waals surface area (Å²) in [4.78, 5) is 5.64. The highest BCUT2D eigenvalue weighted by Crippen LogP contribution is 2.31. The highest BCUT2D eigenvalue weighted by atomic mass is 32.1. The van der Waals surface area contributed by atoms with Crippen LogP contribution in [0.5, 0.6) is 5.75 Å². The molecule has 22 heavy (non-hydrogen) atoms. The molecule has 2 aromatic heterocycles. The van der Waals surface area contributed by atoms with Crippen LogP contribution < -0.4 is 10.2 Å². The molecule has 0 atom stereocenters. The van der Waals surface area contributed by atoms with Gasteiger partial charge in [-0.15, -0.1) is 0 Å². The van der Waals surface area contributed by atoms with Crippen molar-refractivity contribution in [3.8, 4) is 17.0 Å². The number of benzene rings is 2. The van der Waals surface area contributed by atoms with Gasteiger partial charge < -0.3 is 4.74 Å². The van der Waals surface area contributed by atoms with Crippen LogP contribution in [-0.2, 0) is 0 Å². The summed E-state index contributed by atoms with van der Waals surface area (Å²) in [6.45, 7) is 0. The quantitative estimate of drug-likeness (QED) is 0.561. The summed E-state index contributed by atoms with van der Waals surface area (Å²) in [5, 5.41) is 8.86. The molecular formula is C16H13N3O2S. The molecular weight excluding hydrogens is 298 g/mol. The Bertz CT molecular complexity index is 957. The molecule has 0 aliphatic rings. The largest absolute Gasteiger partial charge is 0.497 e. The van der Waals surface area contributed by atoms with E-state index in [1.807, 2.05) is 48.7 Å². The maximum atomic E-state index is 8.86. The van der Waals surface area contributed by atoms with Gasteiger partial charge in [0.1, 0.15) is 5.75 Å². The lowest BCUT2D eigenvalue weighted by atomic mass is 10.1. The first-order chi connectivity index (χ1) is 10.8. The molecule has 2 heterocycles. The first-order valence-corrected chi connectivity index (χ1v) is 7.56. The second kappa shape index (κ2) is 5.01. The Balaban J connectivity index is 1.83. The Morgan fingerprint density at radius 2 is 2.00 bits per heavy atom. The molecule has 0 bridgehead atoms. The summed E-state index contributed by atoms with van der Waals surface area (Å²) in [5.74, 6) is 0.851. The van der Waals surface area contributed by atoms with E-state index in [2.05, 4.69) is 14.9 Å². The van der Waals surface area contributed by atoms with Crippen molar-refractivity contribution in [1.82, 2.24) is 9.38 Å². The molecule has 2 aromatic carbocycles. The summed E-state index contributed by atoms with van der Waals surface area (Å²) in [7, 11) is 1.67. The van der Waals surface area contributed by atoms with Crippen LogP contribution in [0.3, 0.4) is 0 Å². The first-order valence-electron chi connectivity index (χ1n) is 6.74. The van der Waals surface area contributed by atoms with E-state index in [-0.39, 0.29) is 0 Å². The summed E-state index contributed by atoms with van der Waals surface area (Å²) in [6, 6.07) is 13.5. The van der Waals surface area contributed by atoms with Crippen molar-refractivity contribution in [2.45, 2.75) is 0 Å². The van der Waals surface area contributed by atoms with E-state index in [0.717, 1.165) is 32.2 Å². The number of imidazole rings is 1. The van der Waals surface area contributed by atoms with Gasteiger partial charge in [0.2, 0.25) is 0 Å². The number of nitrogens with zero attached hydrogens (tertiary/aromatic N) is 2.